The summed E-state index contributed by atoms with van der Waals surface area (Å²) < 4.78 is 5.63. The van der Waals surface area contributed by atoms with Crippen LogP contribution in [0.2, 0.25) is 25.7 Å². The molecule has 0 radical (unpaired) electrons. The molecule has 1 N–H and O–H groups in total. The SMILES string of the molecule is C[Si](C)(C)CCOCC1CC=CN1. The number of hydrogen-bond donors (Lipinski definition) is 1. The van der Waals surface area contributed by atoms with Crippen molar-refractivity contribution in [1.29, 1.82) is 0 Å². The van der Waals surface area contributed by atoms with Gasteiger partial charge < -0.3 is 10.1 Å². The molecular formula is C10H21NOSi. The molecule has 0 bridgehead atoms. The lowest BCUT2D eigenvalue weighted by molar-refractivity contribution is 0.129. The molecule has 3 heteroatoms. The molecule has 1 heterocycles. The van der Waals surface area contributed by atoms with Crippen molar-refractivity contribution in [1.82, 2.24) is 5.32 Å². The van der Waals surface area contributed by atoms with Crippen LogP contribution in [0.15, 0.2) is 12.3 Å². The first kappa shape index (κ1) is 10.8. The summed E-state index contributed by atoms with van der Waals surface area (Å²) in [4.78, 5) is 0. The smallest absolute Gasteiger partial charge is 0.0670 e. The van der Waals surface area contributed by atoms with E-state index in [-0.39, 0.29) is 0 Å². The first-order valence-electron chi connectivity index (χ1n) is 5.07. The van der Waals surface area contributed by atoms with E-state index in [0.717, 1.165) is 19.6 Å². The van der Waals surface area contributed by atoms with Crippen molar-refractivity contribution in [3.8, 4) is 0 Å². The maximum absolute atomic E-state index is 5.63. The summed E-state index contributed by atoms with van der Waals surface area (Å²) in [6.45, 7) is 8.94. The molecule has 0 aliphatic carbocycles. The van der Waals surface area contributed by atoms with Crippen molar-refractivity contribution in [3.05, 3.63) is 12.3 Å². The third-order valence-corrected chi connectivity index (χ3v) is 3.89. The van der Waals surface area contributed by atoms with E-state index in [2.05, 4.69) is 31.0 Å². The average Bonchev–Trinajstić information content (AvgIpc) is 2.48. The molecule has 76 valence electrons. The third-order valence-electron chi connectivity index (χ3n) is 2.19. The molecule has 0 aromatic heterocycles. The van der Waals surface area contributed by atoms with Crippen LogP contribution >= 0.6 is 0 Å². The maximum atomic E-state index is 5.63. The van der Waals surface area contributed by atoms with Gasteiger partial charge in [-0.15, -0.1) is 0 Å². The Labute approximate surface area is 82.4 Å². The molecule has 1 atom stereocenters. The monoisotopic (exact) mass is 199 g/mol. The largest absolute Gasteiger partial charge is 0.386 e. The van der Waals surface area contributed by atoms with Crippen molar-refractivity contribution in [2.24, 2.45) is 0 Å². The van der Waals surface area contributed by atoms with E-state index in [1.165, 1.54) is 6.04 Å². The molecule has 0 fully saturated rings. The summed E-state index contributed by atoms with van der Waals surface area (Å²) in [5.41, 5.74) is 0. The second kappa shape index (κ2) is 4.82. The third kappa shape index (κ3) is 5.11. The topological polar surface area (TPSA) is 21.3 Å². The van der Waals surface area contributed by atoms with E-state index in [9.17, 15) is 0 Å². The highest BCUT2D eigenvalue weighted by molar-refractivity contribution is 6.76. The van der Waals surface area contributed by atoms with Crippen molar-refractivity contribution in [3.63, 3.8) is 0 Å². The summed E-state index contributed by atoms with van der Waals surface area (Å²) in [6.07, 6.45) is 5.30. The van der Waals surface area contributed by atoms with Crippen LogP contribution in [0.25, 0.3) is 0 Å². The van der Waals surface area contributed by atoms with Gasteiger partial charge in [0.25, 0.3) is 0 Å². The van der Waals surface area contributed by atoms with Gasteiger partial charge in [0.1, 0.15) is 0 Å². The first-order valence-corrected chi connectivity index (χ1v) is 8.77. The number of nitrogens with one attached hydrogen (secondary N) is 1. The second-order valence-corrected chi connectivity index (χ2v) is 10.5. The number of hydrogen-bond acceptors (Lipinski definition) is 2. The number of ether oxygens (including phenoxy) is 1. The van der Waals surface area contributed by atoms with Crippen LogP contribution < -0.4 is 5.32 Å². The second-order valence-electron chi connectivity index (χ2n) is 4.89. The Kier molecular flexibility index (Phi) is 4.00. The summed E-state index contributed by atoms with van der Waals surface area (Å²) in [6, 6.07) is 1.80. The minimum Gasteiger partial charge on any atom is -0.386 e. The van der Waals surface area contributed by atoms with E-state index in [1.54, 1.807) is 0 Å². The van der Waals surface area contributed by atoms with Crippen LogP contribution in [0.4, 0.5) is 0 Å². The van der Waals surface area contributed by atoms with Crippen LogP contribution in [0, 0.1) is 0 Å². The lowest BCUT2D eigenvalue weighted by Gasteiger charge is -2.17. The zero-order valence-corrected chi connectivity index (χ0v) is 9.97. The van der Waals surface area contributed by atoms with Gasteiger partial charge in [0.15, 0.2) is 0 Å². The zero-order valence-electron chi connectivity index (χ0n) is 8.97. The van der Waals surface area contributed by atoms with Crippen LogP contribution in [-0.4, -0.2) is 27.3 Å². The Balaban J connectivity index is 1.95. The summed E-state index contributed by atoms with van der Waals surface area (Å²) in [7, 11) is -0.895. The Morgan fingerprint density at radius 2 is 2.23 bits per heavy atom. The van der Waals surface area contributed by atoms with Gasteiger partial charge >= 0.3 is 0 Å². The lowest BCUT2D eigenvalue weighted by Crippen LogP contribution is -2.27. The fourth-order valence-electron chi connectivity index (χ4n) is 1.22. The lowest BCUT2D eigenvalue weighted by atomic mass is 10.3. The van der Waals surface area contributed by atoms with Gasteiger partial charge in [-0.05, 0) is 18.7 Å². The van der Waals surface area contributed by atoms with Crippen molar-refractivity contribution < 1.29 is 4.74 Å². The van der Waals surface area contributed by atoms with Gasteiger partial charge in [-0.25, -0.2) is 0 Å². The van der Waals surface area contributed by atoms with E-state index >= 15 is 0 Å². The van der Waals surface area contributed by atoms with Gasteiger partial charge in [0.2, 0.25) is 0 Å². The zero-order chi connectivity index (χ0) is 9.73. The van der Waals surface area contributed by atoms with Gasteiger partial charge in [-0.2, -0.15) is 0 Å². The molecule has 1 unspecified atom stereocenters. The Morgan fingerprint density at radius 1 is 1.46 bits per heavy atom. The van der Waals surface area contributed by atoms with Gasteiger partial charge in [-0.3, -0.25) is 0 Å². The molecule has 0 amide bonds. The molecular weight excluding hydrogens is 178 g/mol. The van der Waals surface area contributed by atoms with Crippen molar-refractivity contribution in [2.45, 2.75) is 38.1 Å². The average molecular weight is 199 g/mol. The van der Waals surface area contributed by atoms with E-state index in [0.29, 0.717) is 6.04 Å². The fourth-order valence-corrected chi connectivity index (χ4v) is 1.98. The predicted molar refractivity (Wildman–Crippen MR) is 59.7 cm³/mol. The highest BCUT2D eigenvalue weighted by Gasteiger charge is 2.13. The van der Waals surface area contributed by atoms with Crippen LogP contribution in [0.5, 0.6) is 0 Å². The fraction of sp³-hybridized carbons (Fsp3) is 0.800. The first-order chi connectivity index (χ1) is 6.08. The van der Waals surface area contributed by atoms with E-state index in [1.807, 2.05) is 6.20 Å². The van der Waals surface area contributed by atoms with Crippen LogP contribution in [0.1, 0.15) is 6.42 Å². The molecule has 1 aliphatic rings. The number of rotatable bonds is 5. The molecule has 13 heavy (non-hydrogen) atoms. The molecule has 0 saturated heterocycles. The molecule has 0 aromatic rings. The molecule has 0 saturated carbocycles. The summed E-state index contributed by atoms with van der Waals surface area (Å²) >= 11 is 0. The van der Waals surface area contributed by atoms with Crippen LogP contribution in [-0.2, 0) is 4.74 Å². The quantitative estimate of drug-likeness (QED) is 0.541. The predicted octanol–water partition coefficient (Wildman–Crippen LogP) is 2.22. The van der Waals surface area contributed by atoms with Gasteiger partial charge in [0.05, 0.1) is 12.6 Å². The van der Waals surface area contributed by atoms with Crippen LogP contribution in [0.3, 0.4) is 0 Å². The molecule has 1 aliphatic heterocycles. The molecule has 2 nitrogen and oxygen atoms in total. The van der Waals surface area contributed by atoms with Gasteiger partial charge in [0, 0.05) is 14.7 Å². The van der Waals surface area contributed by atoms with Crippen molar-refractivity contribution >= 4 is 8.07 Å². The minimum atomic E-state index is -0.895. The Hall–Kier alpha value is -0.283. The van der Waals surface area contributed by atoms with E-state index in [4.69, 9.17) is 4.74 Å². The minimum absolute atomic E-state index is 0.529. The summed E-state index contributed by atoms with van der Waals surface area (Å²) in [5.74, 6) is 0. The standard InChI is InChI=1S/C10H21NOSi/c1-13(2,3)8-7-12-9-10-5-4-6-11-10/h4,6,10-11H,5,7-9H2,1-3H3. The summed E-state index contributed by atoms with van der Waals surface area (Å²) in [5, 5.41) is 3.26. The normalized spacial score (nSPS) is 21.9. The molecule has 0 aromatic carbocycles. The highest BCUT2D eigenvalue weighted by Crippen LogP contribution is 2.08. The molecule has 1 rings (SSSR count). The Morgan fingerprint density at radius 3 is 2.77 bits per heavy atom. The highest BCUT2D eigenvalue weighted by atomic mass is 28.3. The van der Waals surface area contributed by atoms with E-state index < -0.39 is 8.07 Å². The molecule has 0 spiro atoms. The van der Waals surface area contributed by atoms with Crippen molar-refractivity contribution in [2.75, 3.05) is 13.2 Å². The Bertz CT molecular complexity index is 166. The van der Waals surface area contributed by atoms with Gasteiger partial charge in [-0.1, -0.05) is 25.7 Å². The maximum Gasteiger partial charge on any atom is 0.0670 e.